The molecule has 1 aliphatic heterocycles. The number of ether oxygens (including phenoxy) is 1. The Morgan fingerprint density at radius 2 is 2.67 bits per heavy atom. The molecule has 5 nitrogen and oxygen atoms in total. The Bertz CT molecular complexity index is 83.9. The predicted octanol–water partition coefficient (Wildman–Crippen LogP) is -0.749. The molecule has 0 aromatic carbocycles. The molecule has 9 heavy (non-hydrogen) atoms. The third-order valence-electron chi connectivity index (χ3n) is 1.13. The van der Waals surface area contributed by atoms with Crippen LogP contribution in [-0.4, -0.2) is 31.8 Å². The summed E-state index contributed by atoms with van der Waals surface area (Å²) in [5.41, 5.74) is 0. The van der Waals surface area contributed by atoms with E-state index in [1.165, 1.54) is 7.11 Å². The summed E-state index contributed by atoms with van der Waals surface area (Å²) in [6, 6.07) is 0. The predicted molar refractivity (Wildman–Crippen MR) is 30.0 cm³/mol. The summed E-state index contributed by atoms with van der Waals surface area (Å²) in [7, 11) is 1.33. The second kappa shape index (κ2) is 3.09. The molecule has 1 saturated heterocycles. The number of nitrogens with one attached hydrogen (secondary N) is 1. The quantitative estimate of drug-likeness (QED) is 0.502. The van der Waals surface area contributed by atoms with Crippen molar-refractivity contribution in [2.24, 2.45) is 0 Å². The molecule has 0 saturated carbocycles. The van der Waals surface area contributed by atoms with Crippen LogP contribution < -0.4 is 5.32 Å². The molecule has 0 spiro atoms. The van der Waals surface area contributed by atoms with Crippen molar-refractivity contribution in [1.82, 2.24) is 10.5 Å². The molecule has 1 aliphatic rings. The Kier molecular flexibility index (Phi) is 2.38. The van der Waals surface area contributed by atoms with Gasteiger partial charge in [-0.05, 0) is 0 Å². The molecular formula is C4H9N2O3-. The monoisotopic (exact) mass is 133 g/mol. The first-order valence-corrected chi connectivity index (χ1v) is 2.66. The lowest BCUT2D eigenvalue weighted by atomic mass is 10.6. The first-order valence-electron chi connectivity index (χ1n) is 2.66. The number of hydrogen-bond acceptors (Lipinski definition) is 5. The third kappa shape index (κ3) is 1.60. The standard InChI is InChI=1S/C4H9N2O3/c1-8-6(7)4-2-9-3-5-4/h4-5H,2-3H2,1H3/q-1. The molecule has 0 bridgehead atoms. The van der Waals surface area contributed by atoms with E-state index in [0.717, 1.165) is 0 Å². The van der Waals surface area contributed by atoms with E-state index in [0.29, 0.717) is 18.6 Å². The Morgan fingerprint density at radius 1 is 1.89 bits per heavy atom. The van der Waals surface area contributed by atoms with Crippen LogP contribution in [0.4, 0.5) is 0 Å². The zero-order valence-electron chi connectivity index (χ0n) is 5.16. The van der Waals surface area contributed by atoms with Gasteiger partial charge < -0.3 is 14.8 Å². The fraction of sp³-hybridized carbons (Fsp3) is 1.00. The first-order chi connectivity index (χ1) is 4.34. The van der Waals surface area contributed by atoms with Gasteiger partial charge in [0.1, 0.15) is 0 Å². The molecule has 0 aromatic heterocycles. The average molecular weight is 133 g/mol. The van der Waals surface area contributed by atoms with Crippen LogP contribution in [0, 0.1) is 5.21 Å². The highest BCUT2D eigenvalue weighted by molar-refractivity contribution is 4.65. The van der Waals surface area contributed by atoms with Crippen LogP contribution in [0.25, 0.3) is 0 Å². The Hall–Kier alpha value is -0.200. The fourth-order valence-corrected chi connectivity index (χ4v) is 0.647. The largest absolute Gasteiger partial charge is 0.761 e. The lowest BCUT2D eigenvalue weighted by Crippen LogP contribution is -2.38. The minimum Gasteiger partial charge on any atom is -0.761 e. The third-order valence-corrected chi connectivity index (χ3v) is 1.13. The van der Waals surface area contributed by atoms with Gasteiger partial charge in [0.15, 0.2) is 0 Å². The molecule has 5 heteroatoms. The molecular weight excluding hydrogens is 124 g/mol. The lowest BCUT2D eigenvalue weighted by Gasteiger charge is -2.29. The van der Waals surface area contributed by atoms with Crippen molar-refractivity contribution in [2.45, 2.75) is 6.17 Å². The van der Waals surface area contributed by atoms with Crippen molar-refractivity contribution < 1.29 is 9.57 Å². The van der Waals surface area contributed by atoms with Gasteiger partial charge >= 0.3 is 0 Å². The zero-order valence-corrected chi connectivity index (χ0v) is 5.16. The van der Waals surface area contributed by atoms with Crippen molar-refractivity contribution in [3.63, 3.8) is 0 Å². The van der Waals surface area contributed by atoms with Crippen molar-refractivity contribution in [3.05, 3.63) is 5.21 Å². The molecule has 1 atom stereocenters. The number of hydrogen-bond donors (Lipinski definition) is 1. The minimum absolute atomic E-state index is 0.338. The summed E-state index contributed by atoms with van der Waals surface area (Å²) in [5, 5.41) is 13.8. The second-order valence-corrected chi connectivity index (χ2v) is 1.70. The van der Waals surface area contributed by atoms with Crippen molar-refractivity contribution >= 4 is 0 Å². The maximum Gasteiger partial charge on any atom is 0.0979 e. The van der Waals surface area contributed by atoms with Crippen LogP contribution in [0.1, 0.15) is 0 Å². The van der Waals surface area contributed by atoms with E-state index in [2.05, 4.69) is 10.2 Å². The van der Waals surface area contributed by atoms with Crippen LogP contribution >= 0.6 is 0 Å². The highest BCUT2D eigenvalue weighted by atomic mass is 16.9. The van der Waals surface area contributed by atoms with Crippen molar-refractivity contribution in [2.75, 3.05) is 20.4 Å². The highest BCUT2D eigenvalue weighted by Gasteiger charge is 2.15. The van der Waals surface area contributed by atoms with Crippen LogP contribution in [0.2, 0.25) is 0 Å². The van der Waals surface area contributed by atoms with Gasteiger partial charge in [-0.2, -0.15) is 0 Å². The van der Waals surface area contributed by atoms with Gasteiger partial charge in [-0.1, -0.05) is 0 Å². The summed E-state index contributed by atoms with van der Waals surface area (Å²) < 4.78 is 4.85. The first kappa shape index (κ1) is 6.91. The summed E-state index contributed by atoms with van der Waals surface area (Å²) in [4.78, 5) is 4.37. The number of nitrogens with zero attached hydrogens (tertiary/aromatic N) is 1. The van der Waals surface area contributed by atoms with Gasteiger partial charge in [0.25, 0.3) is 0 Å². The van der Waals surface area contributed by atoms with E-state index in [4.69, 9.17) is 4.74 Å². The maximum absolute atomic E-state index is 10.6. The maximum atomic E-state index is 10.6. The lowest BCUT2D eigenvalue weighted by molar-refractivity contribution is -0.124. The molecule has 0 amide bonds. The molecule has 0 aliphatic carbocycles. The number of hydroxylamine groups is 2. The zero-order chi connectivity index (χ0) is 6.69. The highest BCUT2D eigenvalue weighted by Crippen LogP contribution is 1.99. The Balaban J connectivity index is 2.24. The molecule has 1 rings (SSSR count). The SMILES string of the molecule is CON([O-])C1COCN1. The van der Waals surface area contributed by atoms with Crippen LogP contribution in [0.15, 0.2) is 0 Å². The van der Waals surface area contributed by atoms with Gasteiger partial charge in [0.05, 0.1) is 26.6 Å². The van der Waals surface area contributed by atoms with Gasteiger partial charge in [-0.15, -0.1) is 0 Å². The van der Waals surface area contributed by atoms with Crippen molar-refractivity contribution in [1.29, 1.82) is 0 Å². The van der Waals surface area contributed by atoms with Crippen molar-refractivity contribution in [3.8, 4) is 0 Å². The van der Waals surface area contributed by atoms with E-state index in [-0.39, 0.29) is 6.17 Å². The molecule has 1 unspecified atom stereocenters. The molecule has 54 valence electrons. The second-order valence-electron chi connectivity index (χ2n) is 1.70. The molecule has 0 aromatic rings. The van der Waals surface area contributed by atoms with Crippen LogP contribution in [-0.2, 0) is 9.57 Å². The van der Waals surface area contributed by atoms with Gasteiger partial charge in [0.2, 0.25) is 0 Å². The van der Waals surface area contributed by atoms with E-state index in [9.17, 15) is 5.21 Å². The molecule has 1 heterocycles. The molecule has 1 N–H and O–H groups in total. The molecule has 1 fully saturated rings. The normalized spacial score (nSPS) is 27.7. The topological polar surface area (TPSA) is 56.8 Å². The van der Waals surface area contributed by atoms with E-state index >= 15 is 0 Å². The summed E-state index contributed by atoms with van der Waals surface area (Å²) in [6.07, 6.45) is -0.338. The molecule has 0 radical (unpaired) electrons. The fourth-order valence-electron chi connectivity index (χ4n) is 0.647. The van der Waals surface area contributed by atoms with E-state index < -0.39 is 0 Å². The average Bonchev–Trinajstić information content (AvgIpc) is 2.37. The van der Waals surface area contributed by atoms with E-state index in [1.54, 1.807) is 0 Å². The number of rotatable bonds is 2. The van der Waals surface area contributed by atoms with Gasteiger partial charge in [-0.3, -0.25) is 5.32 Å². The van der Waals surface area contributed by atoms with Gasteiger partial charge in [0, 0.05) is 0 Å². The van der Waals surface area contributed by atoms with Crippen LogP contribution in [0.5, 0.6) is 0 Å². The van der Waals surface area contributed by atoms with Crippen LogP contribution in [0.3, 0.4) is 0 Å². The minimum atomic E-state index is -0.338. The Labute approximate surface area is 53.1 Å². The Morgan fingerprint density at radius 3 is 3.11 bits per heavy atom. The smallest absolute Gasteiger partial charge is 0.0979 e. The van der Waals surface area contributed by atoms with Gasteiger partial charge in [-0.25, -0.2) is 5.23 Å². The summed E-state index contributed by atoms with van der Waals surface area (Å²) in [6.45, 7) is 0.810. The summed E-state index contributed by atoms with van der Waals surface area (Å²) in [5.74, 6) is 0. The summed E-state index contributed by atoms with van der Waals surface area (Å²) >= 11 is 0. The van der Waals surface area contributed by atoms with E-state index in [1.807, 2.05) is 0 Å².